The number of aryl methyl sites for hydroxylation is 2. The molecule has 0 bridgehead atoms. The average molecular weight is 307 g/mol. The monoisotopic (exact) mass is 307 g/mol. The standard InChI is InChI=1S/C13H13N3O2S2/c1-8-7-12(9(2)19-8)20(17,18)16-13-14-10-5-3-4-6-11(10)15-13/h3-7H,1-2H3,(H2,14,15,16). The maximum absolute atomic E-state index is 12.3. The number of nitrogens with zero attached hydrogens (tertiary/aromatic N) is 1. The molecule has 0 aliphatic rings. The molecule has 2 aromatic heterocycles. The highest BCUT2D eigenvalue weighted by Gasteiger charge is 2.20. The number of anilines is 1. The van der Waals surface area contributed by atoms with E-state index < -0.39 is 10.0 Å². The van der Waals surface area contributed by atoms with Crippen molar-refractivity contribution in [3.05, 3.63) is 40.1 Å². The molecule has 0 saturated carbocycles. The third-order valence-electron chi connectivity index (χ3n) is 2.91. The van der Waals surface area contributed by atoms with Crippen LogP contribution in [-0.4, -0.2) is 18.4 Å². The van der Waals surface area contributed by atoms with Gasteiger partial charge in [0.1, 0.15) is 4.90 Å². The summed E-state index contributed by atoms with van der Waals surface area (Å²) >= 11 is 1.46. The van der Waals surface area contributed by atoms with Crippen molar-refractivity contribution >= 4 is 38.3 Å². The van der Waals surface area contributed by atoms with E-state index in [1.807, 2.05) is 31.2 Å². The van der Waals surface area contributed by atoms with Gasteiger partial charge in [-0.25, -0.2) is 18.1 Å². The number of nitrogens with one attached hydrogen (secondary N) is 2. The number of thiophene rings is 1. The van der Waals surface area contributed by atoms with Gasteiger partial charge in [-0.05, 0) is 32.0 Å². The Morgan fingerprint density at radius 2 is 2.00 bits per heavy atom. The molecule has 2 N–H and O–H groups in total. The second-order valence-electron chi connectivity index (χ2n) is 4.49. The van der Waals surface area contributed by atoms with Crippen LogP contribution in [0.5, 0.6) is 0 Å². The van der Waals surface area contributed by atoms with Crippen molar-refractivity contribution in [1.29, 1.82) is 0 Å². The van der Waals surface area contributed by atoms with Crippen molar-refractivity contribution < 1.29 is 8.42 Å². The Bertz CT molecular complexity index is 845. The number of hydrogen-bond donors (Lipinski definition) is 2. The first-order chi connectivity index (χ1) is 9.45. The molecular formula is C13H13N3O2S2. The molecule has 0 aliphatic heterocycles. The molecule has 104 valence electrons. The van der Waals surface area contributed by atoms with E-state index in [0.717, 1.165) is 20.8 Å². The lowest BCUT2D eigenvalue weighted by Crippen LogP contribution is -2.14. The minimum absolute atomic E-state index is 0.231. The zero-order chi connectivity index (χ0) is 14.3. The second kappa shape index (κ2) is 4.60. The number of aromatic amines is 1. The molecule has 3 aromatic rings. The van der Waals surface area contributed by atoms with Gasteiger partial charge >= 0.3 is 0 Å². The first-order valence-electron chi connectivity index (χ1n) is 6.00. The number of imidazole rings is 1. The van der Waals surface area contributed by atoms with E-state index in [9.17, 15) is 8.42 Å². The number of H-pyrrole nitrogens is 1. The largest absolute Gasteiger partial charge is 0.323 e. The quantitative estimate of drug-likeness (QED) is 0.781. The molecule has 0 saturated heterocycles. The number of sulfonamides is 1. The lowest BCUT2D eigenvalue weighted by Gasteiger charge is -2.03. The highest BCUT2D eigenvalue weighted by Crippen LogP contribution is 2.26. The van der Waals surface area contributed by atoms with Crippen LogP contribution in [0.3, 0.4) is 0 Å². The maximum atomic E-state index is 12.3. The molecule has 7 heteroatoms. The van der Waals surface area contributed by atoms with Crippen LogP contribution >= 0.6 is 11.3 Å². The normalized spacial score (nSPS) is 11.9. The smallest absolute Gasteiger partial charge is 0.265 e. The molecule has 5 nitrogen and oxygen atoms in total. The van der Waals surface area contributed by atoms with E-state index in [-0.39, 0.29) is 5.95 Å². The Balaban J connectivity index is 1.99. The molecule has 0 aliphatic carbocycles. The van der Waals surface area contributed by atoms with Gasteiger partial charge in [0, 0.05) is 9.75 Å². The zero-order valence-electron chi connectivity index (χ0n) is 11.0. The minimum Gasteiger partial charge on any atom is -0.323 e. The first-order valence-corrected chi connectivity index (χ1v) is 8.30. The highest BCUT2D eigenvalue weighted by molar-refractivity contribution is 7.92. The second-order valence-corrected chi connectivity index (χ2v) is 7.60. The number of para-hydroxylation sites is 2. The minimum atomic E-state index is -3.60. The molecule has 0 amide bonds. The van der Waals surface area contributed by atoms with Gasteiger partial charge in [0.15, 0.2) is 0 Å². The van der Waals surface area contributed by atoms with Gasteiger partial charge in [-0.15, -0.1) is 11.3 Å². The number of aromatic nitrogens is 2. The van der Waals surface area contributed by atoms with Crippen molar-refractivity contribution in [3.8, 4) is 0 Å². The van der Waals surface area contributed by atoms with Crippen LogP contribution < -0.4 is 4.72 Å². The van der Waals surface area contributed by atoms with Crippen LogP contribution in [0.2, 0.25) is 0 Å². The molecule has 20 heavy (non-hydrogen) atoms. The van der Waals surface area contributed by atoms with Gasteiger partial charge in [-0.1, -0.05) is 12.1 Å². The number of benzene rings is 1. The van der Waals surface area contributed by atoms with E-state index in [0.29, 0.717) is 4.90 Å². The average Bonchev–Trinajstić information content (AvgIpc) is 2.91. The third kappa shape index (κ3) is 2.30. The van der Waals surface area contributed by atoms with Crippen LogP contribution in [-0.2, 0) is 10.0 Å². The Labute approximate surface area is 120 Å². The summed E-state index contributed by atoms with van der Waals surface area (Å²) in [6, 6.07) is 9.06. The molecule has 0 radical (unpaired) electrons. The predicted molar refractivity (Wildman–Crippen MR) is 80.7 cm³/mol. The Morgan fingerprint density at radius 1 is 1.25 bits per heavy atom. The molecule has 0 fully saturated rings. The van der Waals surface area contributed by atoms with E-state index in [4.69, 9.17) is 0 Å². The van der Waals surface area contributed by atoms with E-state index in [2.05, 4.69) is 14.7 Å². The van der Waals surface area contributed by atoms with Gasteiger partial charge in [-0.2, -0.15) is 0 Å². The van der Waals surface area contributed by atoms with Crippen LogP contribution in [0, 0.1) is 13.8 Å². The molecule has 2 heterocycles. The fourth-order valence-electron chi connectivity index (χ4n) is 2.06. The van der Waals surface area contributed by atoms with Gasteiger partial charge < -0.3 is 4.98 Å². The van der Waals surface area contributed by atoms with Crippen molar-refractivity contribution in [2.75, 3.05) is 4.72 Å². The Hall–Kier alpha value is -1.86. The van der Waals surface area contributed by atoms with Gasteiger partial charge in [0.25, 0.3) is 10.0 Å². The number of hydrogen-bond acceptors (Lipinski definition) is 4. The lowest BCUT2D eigenvalue weighted by atomic mass is 10.3. The fourth-order valence-corrected chi connectivity index (χ4v) is 4.58. The summed E-state index contributed by atoms with van der Waals surface area (Å²) in [5.41, 5.74) is 1.52. The lowest BCUT2D eigenvalue weighted by molar-refractivity contribution is 0.601. The summed E-state index contributed by atoms with van der Waals surface area (Å²) < 4.78 is 27.2. The van der Waals surface area contributed by atoms with Crippen molar-refractivity contribution in [1.82, 2.24) is 9.97 Å². The third-order valence-corrected chi connectivity index (χ3v) is 5.47. The zero-order valence-corrected chi connectivity index (χ0v) is 12.6. The SMILES string of the molecule is Cc1cc(S(=O)(=O)Nc2nc3ccccc3[nH]2)c(C)s1. The highest BCUT2D eigenvalue weighted by atomic mass is 32.2. The van der Waals surface area contributed by atoms with Crippen LogP contribution in [0.15, 0.2) is 35.2 Å². The molecule has 3 rings (SSSR count). The van der Waals surface area contributed by atoms with Gasteiger partial charge in [0.05, 0.1) is 11.0 Å². The molecule has 0 spiro atoms. The maximum Gasteiger partial charge on any atom is 0.265 e. The van der Waals surface area contributed by atoms with E-state index >= 15 is 0 Å². The molecule has 1 aromatic carbocycles. The Morgan fingerprint density at radius 3 is 2.65 bits per heavy atom. The summed E-state index contributed by atoms with van der Waals surface area (Å²) in [6.45, 7) is 3.68. The summed E-state index contributed by atoms with van der Waals surface area (Å²) in [5, 5.41) is 0. The van der Waals surface area contributed by atoms with Crippen molar-refractivity contribution in [2.24, 2.45) is 0 Å². The summed E-state index contributed by atoms with van der Waals surface area (Å²) in [4.78, 5) is 9.21. The predicted octanol–water partition coefficient (Wildman–Crippen LogP) is 3.04. The Kier molecular flexibility index (Phi) is 3.02. The summed E-state index contributed by atoms with van der Waals surface area (Å²) in [5.74, 6) is 0.231. The van der Waals surface area contributed by atoms with Crippen LogP contribution in [0.25, 0.3) is 11.0 Å². The number of fused-ring (bicyclic) bond motifs is 1. The van der Waals surface area contributed by atoms with Crippen LogP contribution in [0.4, 0.5) is 5.95 Å². The van der Waals surface area contributed by atoms with E-state index in [1.165, 1.54) is 11.3 Å². The summed E-state index contributed by atoms with van der Waals surface area (Å²) in [7, 11) is -3.60. The van der Waals surface area contributed by atoms with E-state index in [1.54, 1.807) is 13.0 Å². The molecule has 0 atom stereocenters. The van der Waals surface area contributed by atoms with Gasteiger partial charge in [0.2, 0.25) is 5.95 Å². The number of rotatable bonds is 3. The topological polar surface area (TPSA) is 74.8 Å². The molecular weight excluding hydrogens is 294 g/mol. The van der Waals surface area contributed by atoms with Crippen molar-refractivity contribution in [3.63, 3.8) is 0 Å². The molecule has 0 unspecified atom stereocenters. The summed E-state index contributed by atoms with van der Waals surface area (Å²) in [6.07, 6.45) is 0. The fraction of sp³-hybridized carbons (Fsp3) is 0.154. The van der Waals surface area contributed by atoms with Gasteiger partial charge in [-0.3, -0.25) is 0 Å². The first kappa shape index (κ1) is 13.1. The van der Waals surface area contributed by atoms with Crippen molar-refractivity contribution in [2.45, 2.75) is 18.7 Å². The van der Waals surface area contributed by atoms with Crippen LogP contribution in [0.1, 0.15) is 9.75 Å².